The van der Waals surface area contributed by atoms with Crippen molar-refractivity contribution in [3.05, 3.63) is 47.9 Å². The van der Waals surface area contributed by atoms with E-state index in [9.17, 15) is 13.2 Å². The third kappa shape index (κ3) is 3.89. The average Bonchev–Trinajstić information content (AvgIpc) is 3.08. The first-order valence-electron chi connectivity index (χ1n) is 10.2. The van der Waals surface area contributed by atoms with Gasteiger partial charge in [-0.3, -0.25) is 0 Å². The van der Waals surface area contributed by atoms with Crippen LogP contribution in [0, 0.1) is 5.92 Å². The number of alkyl halides is 3. The van der Waals surface area contributed by atoms with Gasteiger partial charge in [0.25, 0.3) is 0 Å². The molecule has 0 spiro atoms. The molecule has 4 nitrogen and oxygen atoms in total. The summed E-state index contributed by atoms with van der Waals surface area (Å²) in [4.78, 5) is 11.2. The van der Waals surface area contributed by atoms with E-state index in [1.807, 2.05) is 16.7 Å². The summed E-state index contributed by atoms with van der Waals surface area (Å²) >= 11 is 1.85. The SMILES string of the molecule is CCCSc1ccc2cc3n(c2c1)CCN(c1nccc(C(F)(F)F)n1)C3C(C)C. The number of aromatic nitrogens is 3. The number of thioether (sulfide) groups is 1. The van der Waals surface area contributed by atoms with Crippen LogP contribution < -0.4 is 4.90 Å². The standard InChI is InChI=1S/C22H25F3N4S/c1-4-11-30-16-6-5-15-12-18-20(14(2)3)29(10-9-28(18)17(15)13-16)21-26-8-7-19(27-21)22(23,24)25/h5-8,12-14,20H,4,9-11H2,1-3H3. The lowest BCUT2D eigenvalue weighted by atomic mass is 9.97. The van der Waals surface area contributed by atoms with Crippen molar-refractivity contribution in [3.8, 4) is 0 Å². The Labute approximate surface area is 178 Å². The second kappa shape index (κ2) is 8.13. The summed E-state index contributed by atoms with van der Waals surface area (Å²) in [6, 6.07) is 9.50. The number of hydrogen-bond acceptors (Lipinski definition) is 4. The van der Waals surface area contributed by atoms with Crippen LogP contribution in [0.5, 0.6) is 0 Å². The fourth-order valence-corrected chi connectivity index (χ4v) is 4.94. The number of nitrogens with zero attached hydrogens (tertiary/aromatic N) is 4. The quantitative estimate of drug-likeness (QED) is 0.450. The Kier molecular flexibility index (Phi) is 5.70. The Hall–Kier alpha value is -2.22. The van der Waals surface area contributed by atoms with Gasteiger partial charge in [0.15, 0.2) is 0 Å². The van der Waals surface area contributed by atoms with Crippen molar-refractivity contribution in [3.63, 3.8) is 0 Å². The van der Waals surface area contributed by atoms with Gasteiger partial charge in [0.2, 0.25) is 5.95 Å². The first-order valence-corrected chi connectivity index (χ1v) is 11.2. The molecule has 3 heterocycles. The molecule has 160 valence electrons. The van der Waals surface area contributed by atoms with E-state index in [1.165, 1.54) is 16.6 Å². The minimum atomic E-state index is -4.48. The van der Waals surface area contributed by atoms with Crippen LogP contribution in [0.25, 0.3) is 10.9 Å². The molecule has 3 aromatic rings. The Morgan fingerprint density at radius 3 is 2.67 bits per heavy atom. The van der Waals surface area contributed by atoms with Crippen molar-refractivity contribution in [1.29, 1.82) is 0 Å². The number of rotatable bonds is 5. The number of anilines is 1. The highest BCUT2D eigenvalue weighted by atomic mass is 32.2. The van der Waals surface area contributed by atoms with Crippen LogP contribution >= 0.6 is 11.8 Å². The lowest BCUT2D eigenvalue weighted by Crippen LogP contribution is -2.41. The molecule has 0 saturated heterocycles. The molecule has 0 N–H and O–H groups in total. The first-order chi connectivity index (χ1) is 14.3. The molecule has 1 atom stereocenters. The number of halogens is 3. The summed E-state index contributed by atoms with van der Waals surface area (Å²) < 4.78 is 41.8. The maximum atomic E-state index is 13.2. The summed E-state index contributed by atoms with van der Waals surface area (Å²) in [5, 5.41) is 1.16. The van der Waals surface area contributed by atoms with E-state index < -0.39 is 11.9 Å². The van der Waals surface area contributed by atoms with Crippen molar-refractivity contribution < 1.29 is 13.2 Å². The molecule has 0 aliphatic carbocycles. The number of fused-ring (bicyclic) bond motifs is 3. The monoisotopic (exact) mass is 434 g/mol. The van der Waals surface area contributed by atoms with E-state index in [0.717, 1.165) is 29.3 Å². The third-order valence-electron chi connectivity index (χ3n) is 5.41. The molecule has 1 unspecified atom stereocenters. The van der Waals surface area contributed by atoms with Crippen molar-refractivity contribution in [2.45, 2.75) is 50.9 Å². The average molecular weight is 435 g/mol. The normalized spacial score (nSPS) is 17.0. The van der Waals surface area contributed by atoms with Gasteiger partial charge in [0.05, 0.1) is 6.04 Å². The highest BCUT2D eigenvalue weighted by Crippen LogP contribution is 2.39. The van der Waals surface area contributed by atoms with Crippen molar-refractivity contribution in [2.75, 3.05) is 17.2 Å². The molecule has 30 heavy (non-hydrogen) atoms. The van der Waals surface area contributed by atoms with Crippen LogP contribution in [0.3, 0.4) is 0 Å². The van der Waals surface area contributed by atoms with Gasteiger partial charge in [-0.2, -0.15) is 13.2 Å². The van der Waals surface area contributed by atoms with E-state index in [-0.39, 0.29) is 17.9 Å². The third-order valence-corrected chi connectivity index (χ3v) is 6.61. The molecule has 2 aromatic heterocycles. The van der Waals surface area contributed by atoms with E-state index in [4.69, 9.17) is 0 Å². The summed E-state index contributed by atoms with van der Waals surface area (Å²) in [6.07, 6.45) is -2.16. The Morgan fingerprint density at radius 1 is 1.17 bits per heavy atom. The fraction of sp³-hybridized carbons (Fsp3) is 0.455. The highest BCUT2D eigenvalue weighted by molar-refractivity contribution is 7.99. The second-order valence-electron chi connectivity index (χ2n) is 7.91. The smallest absolute Gasteiger partial charge is 0.341 e. The van der Waals surface area contributed by atoms with Crippen LogP contribution in [-0.2, 0) is 12.7 Å². The molecule has 4 rings (SSSR count). The van der Waals surface area contributed by atoms with Crippen molar-refractivity contribution in [1.82, 2.24) is 14.5 Å². The summed E-state index contributed by atoms with van der Waals surface area (Å²) in [6.45, 7) is 7.58. The van der Waals surface area contributed by atoms with E-state index in [0.29, 0.717) is 13.1 Å². The van der Waals surface area contributed by atoms with Gasteiger partial charge in [0, 0.05) is 40.8 Å². The molecule has 0 amide bonds. The van der Waals surface area contributed by atoms with Crippen LogP contribution in [0.2, 0.25) is 0 Å². The molecular weight excluding hydrogens is 409 g/mol. The predicted molar refractivity (Wildman–Crippen MR) is 115 cm³/mol. The molecule has 0 fully saturated rings. The molecule has 1 aliphatic rings. The predicted octanol–water partition coefficient (Wildman–Crippen LogP) is 6.17. The van der Waals surface area contributed by atoms with Crippen LogP contribution in [-0.4, -0.2) is 26.8 Å². The topological polar surface area (TPSA) is 34.0 Å². The lowest BCUT2D eigenvalue weighted by Gasteiger charge is -2.39. The van der Waals surface area contributed by atoms with E-state index in [2.05, 4.69) is 59.6 Å². The molecule has 0 saturated carbocycles. The number of benzene rings is 1. The molecule has 1 aromatic carbocycles. The van der Waals surface area contributed by atoms with Crippen LogP contribution in [0.15, 0.2) is 41.4 Å². The fourth-order valence-electron chi connectivity index (χ4n) is 4.14. The van der Waals surface area contributed by atoms with Gasteiger partial charge >= 0.3 is 6.18 Å². The zero-order valence-electron chi connectivity index (χ0n) is 17.3. The molecule has 8 heteroatoms. The zero-order chi connectivity index (χ0) is 21.5. The van der Waals surface area contributed by atoms with E-state index in [1.54, 1.807) is 0 Å². The zero-order valence-corrected chi connectivity index (χ0v) is 18.1. The van der Waals surface area contributed by atoms with Gasteiger partial charge in [0.1, 0.15) is 5.69 Å². The lowest BCUT2D eigenvalue weighted by molar-refractivity contribution is -0.141. The van der Waals surface area contributed by atoms with Crippen molar-refractivity contribution >= 4 is 28.6 Å². The number of hydrogen-bond donors (Lipinski definition) is 0. The van der Waals surface area contributed by atoms with E-state index >= 15 is 0 Å². The minimum Gasteiger partial charge on any atom is -0.341 e. The van der Waals surface area contributed by atoms with Gasteiger partial charge in [-0.15, -0.1) is 11.8 Å². The Morgan fingerprint density at radius 2 is 1.97 bits per heavy atom. The minimum absolute atomic E-state index is 0.0959. The van der Waals surface area contributed by atoms with Crippen LogP contribution in [0.4, 0.5) is 19.1 Å². The molecule has 0 bridgehead atoms. The van der Waals surface area contributed by atoms with Crippen LogP contribution in [0.1, 0.15) is 44.6 Å². The molecular formula is C22H25F3N4S. The highest BCUT2D eigenvalue weighted by Gasteiger charge is 2.36. The van der Waals surface area contributed by atoms with Gasteiger partial charge in [-0.05, 0) is 42.4 Å². The van der Waals surface area contributed by atoms with Gasteiger partial charge in [-0.25, -0.2) is 9.97 Å². The maximum Gasteiger partial charge on any atom is 0.433 e. The van der Waals surface area contributed by atoms with Gasteiger partial charge < -0.3 is 9.47 Å². The Balaban J connectivity index is 1.75. The maximum absolute atomic E-state index is 13.2. The van der Waals surface area contributed by atoms with Gasteiger partial charge in [-0.1, -0.05) is 26.8 Å². The summed E-state index contributed by atoms with van der Waals surface area (Å²) in [5.74, 6) is 1.40. The summed E-state index contributed by atoms with van der Waals surface area (Å²) in [7, 11) is 0. The molecule has 0 radical (unpaired) electrons. The molecule has 1 aliphatic heterocycles. The Bertz CT molecular complexity index is 1040. The summed E-state index contributed by atoms with van der Waals surface area (Å²) in [5.41, 5.74) is 1.38. The largest absolute Gasteiger partial charge is 0.433 e. The van der Waals surface area contributed by atoms with Crippen molar-refractivity contribution in [2.24, 2.45) is 5.92 Å². The first kappa shape index (κ1) is 21.0. The second-order valence-corrected chi connectivity index (χ2v) is 9.08.